The first kappa shape index (κ1) is 19.6. The Balaban J connectivity index is 2.27. The van der Waals surface area contributed by atoms with Gasteiger partial charge in [-0.25, -0.2) is 8.42 Å². The van der Waals surface area contributed by atoms with E-state index in [1.54, 1.807) is 29.2 Å². The minimum Gasteiger partial charge on any atom is -0.489 e. The van der Waals surface area contributed by atoms with Gasteiger partial charge < -0.3 is 9.64 Å². The highest BCUT2D eigenvalue weighted by Crippen LogP contribution is 2.30. The molecule has 2 rings (SSSR count). The van der Waals surface area contributed by atoms with Gasteiger partial charge in [0, 0.05) is 13.1 Å². The van der Waals surface area contributed by atoms with E-state index in [4.69, 9.17) is 4.74 Å². The van der Waals surface area contributed by atoms with E-state index in [9.17, 15) is 13.2 Å². The third-order valence-electron chi connectivity index (χ3n) is 4.13. The number of anilines is 1. The van der Waals surface area contributed by atoms with E-state index in [1.807, 2.05) is 13.8 Å². The fraction of sp³-hybridized carbons (Fsp3) is 0.611. The average Bonchev–Trinajstić information content (AvgIpc) is 2.81. The monoisotopic (exact) mass is 368 g/mol. The molecule has 0 aliphatic carbocycles. The van der Waals surface area contributed by atoms with Crippen molar-refractivity contribution in [1.29, 1.82) is 0 Å². The van der Waals surface area contributed by atoms with Gasteiger partial charge in [-0.05, 0) is 38.8 Å². The van der Waals surface area contributed by atoms with Crippen LogP contribution < -0.4 is 9.04 Å². The molecule has 0 atom stereocenters. The van der Waals surface area contributed by atoms with E-state index in [-0.39, 0.29) is 18.6 Å². The van der Waals surface area contributed by atoms with Crippen molar-refractivity contribution in [2.24, 2.45) is 0 Å². The SMILES string of the molecule is CC(C)Oc1ccccc1N(CC(=O)N1CCCCCC1)S(C)(=O)=O. The number of likely N-dealkylation sites (tertiary alicyclic amines) is 1. The molecule has 1 aromatic rings. The van der Waals surface area contributed by atoms with Gasteiger partial charge in [0.05, 0.1) is 18.0 Å². The smallest absolute Gasteiger partial charge is 0.243 e. The quantitative estimate of drug-likeness (QED) is 0.774. The molecular formula is C18H28N2O4S. The number of nitrogens with zero attached hydrogens (tertiary/aromatic N) is 2. The van der Waals surface area contributed by atoms with Crippen LogP contribution in [-0.2, 0) is 14.8 Å². The van der Waals surface area contributed by atoms with Crippen molar-refractivity contribution in [3.05, 3.63) is 24.3 Å². The van der Waals surface area contributed by atoms with E-state index in [0.717, 1.165) is 36.2 Å². The second-order valence-electron chi connectivity index (χ2n) is 6.70. The zero-order valence-electron chi connectivity index (χ0n) is 15.3. The largest absolute Gasteiger partial charge is 0.489 e. The number of ether oxygens (including phenoxy) is 1. The van der Waals surface area contributed by atoms with Crippen molar-refractivity contribution < 1.29 is 17.9 Å². The number of amides is 1. The van der Waals surface area contributed by atoms with Crippen molar-refractivity contribution in [2.45, 2.75) is 45.6 Å². The second-order valence-corrected chi connectivity index (χ2v) is 8.61. The lowest BCUT2D eigenvalue weighted by Crippen LogP contribution is -2.43. The summed E-state index contributed by atoms with van der Waals surface area (Å²) in [5.74, 6) is 0.304. The highest BCUT2D eigenvalue weighted by atomic mass is 32.2. The van der Waals surface area contributed by atoms with E-state index in [0.29, 0.717) is 24.5 Å². The summed E-state index contributed by atoms with van der Waals surface area (Å²) < 4.78 is 31.6. The van der Waals surface area contributed by atoms with E-state index >= 15 is 0 Å². The molecular weight excluding hydrogens is 340 g/mol. The standard InChI is InChI=1S/C18H28N2O4S/c1-15(2)24-17-11-7-6-10-16(17)20(25(3,22)23)14-18(21)19-12-8-4-5-9-13-19/h6-7,10-11,15H,4-5,8-9,12-14H2,1-3H3. The van der Waals surface area contributed by atoms with Crippen LogP contribution in [0.1, 0.15) is 39.5 Å². The molecule has 1 aliphatic heterocycles. The number of para-hydroxylation sites is 2. The molecule has 0 unspecified atom stereocenters. The molecule has 7 heteroatoms. The third-order valence-corrected chi connectivity index (χ3v) is 5.26. The van der Waals surface area contributed by atoms with E-state index < -0.39 is 10.0 Å². The van der Waals surface area contributed by atoms with Gasteiger partial charge in [0.15, 0.2) is 0 Å². The lowest BCUT2D eigenvalue weighted by molar-refractivity contribution is -0.129. The van der Waals surface area contributed by atoms with Crippen LogP contribution in [0.2, 0.25) is 0 Å². The summed E-state index contributed by atoms with van der Waals surface area (Å²) in [6, 6.07) is 6.94. The first-order chi connectivity index (χ1) is 11.8. The second kappa shape index (κ2) is 8.56. The molecule has 25 heavy (non-hydrogen) atoms. The summed E-state index contributed by atoms with van der Waals surface area (Å²) in [5, 5.41) is 0. The number of sulfonamides is 1. The Labute approximate surface area is 150 Å². The van der Waals surface area contributed by atoms with Crippen LogP contribution >= 0.6 is 0 Å². The number of hydrogen-bond acceptors (Lipinski definition) is 4. The number of carbonyl (C=O) groups excluding carboxylic acids is 1. The van der Waals surface area contributed by atoms with Crippen molar-refractivity contribution in [3.8, 4) is 5.75 Å². The molecule has 1 saturated heterocycles. The number of carbonyl (C=O) groups is 1. The van der Waals surface area contributed by atoms with Crippen LogP contribution in [0.15, 0.2) is 24.3 Å². The van der Waals surface area contributed by atoms with Gasteiger partial charge in [-0.15, -0.1) is 0 Å². The number of hydrogen-bond donors (Lipinski definition) is 0. The number of rotatable bonds is 6. The lowest BCUT2D eigenvalue weighted by Gasteiger charge is -2.28. The van der Waals surface area contributed by atoms with Crippen molar-refractivity contribution >= 4 is 21.6 Å². The summed E-state index contributed by atoms with van der Waals surface area (Å²) in [6.07, 6.45) is 5.20. The Morgan fingerprint density at radius 2 is 1.76 bits per heavy atom. The van der Waals surface area contributed by atoms with Gasteiger partial charge in [0.25, 0.3) is 0 Å². The Morgan fingerprint density at radius 3 is 2.32 bits per heavy atom. The highest BCUT2D eigenvalue weighted by molar-refractivity contribution is 7.92. The highest BCUT2D eigenvalue weighted by Gasteiger charge is 2.26. The molecule has 0 radical (unpaired) electrons. The number of benzene rings is 1. The van der Waals surface area contributed by atoms with E-state index in [1.165, 1.54) is 0 Å². The van der Waals surface area contributed by atoms with Crippen LogP contribution in [0.4, 0.5) is 5.69 Å². The van der Waals surface area contributed by atoms with Gasteiger partial charge in [-0.2, -0.15) is 0 Å². The zero-order chi connectivity index (χ0) is 18.4. The molecule has 0 spiro atoms. The maximum Gasteiger partial charge on any atom is 0.243 e. The fourth-order valence-electron chi connectivity index (χ4n) is 2.94. The molecule has 0 aromatic heterocycles. The summed E-state index contributed by atoms with van der Waals surface area (Å²) in [5.41, 5.74) is 0.405. The van der Waals surface area contributed by atoms with Gasteiger partial charge in [0.1, 0.15) is 12.3 Å². The van der Waals surface area contributed by atoms with Crippen LogP contribution in [0, 0.1) is 0 Å². The Hall–Kier alpha value is -1.76. The molecule has 6 nitrogen and oxygen atoms in total. The lowest BCUT2D eigenvalue weighted by atomic mass is 10.2. The summed E-state index contributed by atoms with van der Waals surface area (Å²) in [6.45, 7) is 4.95. The predicted molar refractivity (Wildman–Crippen MR) is 99.4 cm³/mol. The normalized spacial score (nSPS) is 15.8. The molecule has 1 aromatic carbocycles. The zero-order valence-corrected chi connectivity index (χ0v) is 16.1. The predicted octanol–water partition coefficient (Wildman–Crippen LogP) is 2.64. The van der Waals surface area contributed by atoms with Gasteiger partial charge in [-0.1, -0.05) is 25.0 Å². The molecule has 1 heterocycles. The Bertz CT molecular complexity index is 680. The van der Waals surface area contributed by atoms with Crippen LogP contribution in [0.25, 0.3) is 0 Å². The molecule has 1 fully saturated rings. The Kier molecular flexibility index (Phi) is 6.70. The van der Waals surface area contributed by atoms with Gasteiger partial charge in [-0.3, -0.25) is 9.10 Å². The molecule has 140 valence electrons. The average molecular weight is 368 g/mol. The van der Waals surface area contributed by atoms with Crippen molar-refractivity contribution in [2.75, 3.05) is 30.2 Å². The Morgan fingerprint density at radius 1 is 1.16 bits per heavy atom. The van der Waals surface area contributed by atoms with E-state index in [2.05, 4.69) is 0 Å². The van der Waals surface area contributed by atoms with Crippen LogP contribution in [-0.4, -0.2) is 51.2 Å². The molecule has 0 saturated carbocycles. The van der Waals surface area contributed by atoms with Crippen LogP contribution in [0.5, 0.6) is 5.75 Å². The van der Waals surface area contributed by atoms with Crippen molar-refractivity contribution in [3.63, 3.8) is 0 Å². The maximum atomic E-state index is 12.7. The maximum absolute atomic E-state index is 12.7. The van der Waals surface area contributed by atoms with Gasteiger partial charge >= 0.3 is 0 Å². The first-order valence-electron chi connectivity index (χ1n) is 8.80. The third kappa shape index (κ3) is 5.63. The van der Waals surface area contributed by atoms with Gasteiger partial charge in [0.2, 0.25) is 15.9 Å². The summed E-state index contributed by atoms with van der Waals surface area (Å²) in [7, 11) is -3.61. The fourth-order valence-corrected chi connectivity index (χ4v) is 3.79. The topological polar surface area (TPSA) is 66.9 Å². The minimum atomic E-state index is -3.61. The molecule has 0 bridgehead atoms. The molecule has 0 N–H and O–H groups in total. The summed E-state index contributed by atoms with van der Waals surface area (Å²) in [4.78, 5) is 14.5. The minimum absolute atomic E-state index is 0.0936. The molecule has 1 amide bonds. The summed E-state index contributed by atoms with van der Waals surface area (Å²) >= 11 is 0. The van der Waals surface area contributed by atoms with Crippen molar-refractivity contribution in [1.82, 2.24) is 4.90 Å². The van der Waals surface area contributed by atoms with Crippen LogP contribution in [0.3, 0.4) is 0 Å². The molecule has 1 aliphatic rings. The first-order valence-corrected chi connectivity index (χ1v) is 10.6.